The fourth-order valence-electron chi connectivity index (χ4n) is 4.73. The van der Waals surface area contributed by atoms with Crippen molar-refractivity contribution in [1.82, 2.24) is 9.88 Å². The fraction of sp³-hybridized carbons (Fsp3) is 0.208. The smallest absolute Gasteiger partial charge is 0.326 e. The Balaban J connectivity index is 1.48. The number of carbonyl (C=O) groups is 2. The van der Waals surface area contributed by atoms with Gasteiger partial charge in [0, 0.05) is 24.3 Å². The summed E-state index contributed by atoms with van der Waals surface area (Å²) in [4.78, 5) is 33.6. The quantitative estimate of drug-likeness (QED) is 0.665. The van der Waals surface area contributed by atoms with Gasteiger partial charge >= 0.3 is 6.03 Å². The van der Waals surface area contributed by atoms with Crippen LogP contribution in [0.15, 0.2) is 72.9 Å². The monoisotopic (exact) mass is 432 g/mol. The lowest BCUT2D eigenvalue weighted by molar-refractivity contribution is -0.0245. The van der Waals surface area contributed by atoms with Crippen molar-refractivity contribution in [2.75, 3.05) is 23.4 Å². The lowest BCUT2D eigenvalue weighted by Crippen LogP contribution is -2.71. The summed E-state index contributed by atoms with van der Waals surface area (Å²) in [5.74, 6) is -0.930. The van der Waals surface area contributed by atoms with Crippen molar-refractivity contribution in [3.63, 3.8) is 0 Å². The Morgan fingerprint density at radius 3 is 2.56 bits per heavy atom. The van der Waals surface area contributed by atoms with Gasteiger partial charge in [-0.25, -0.2) is 9.18 Å². The lowest BCUT2D eigenvalue weighted by Gasteiger charge is -2.58. The van der Waals surface area contributed by atoms with Gasteiger partial charge in [0.25, 0.3) is 5.91 Å². The molecule has 2 aliphatic heterocycles. The zero-order chi connectivity index (χ0) is 22.2. The number of anilines is 2. The first-order chi connectivity index (χ1) is 15.6. The van der Waals surface area contributed by atoms with Crippen molar-refractivity contribution in [1.29, 1.82) is 0 Å². The van der Waals surface area contributed by atoms with Crippen molar-refractivity contribution < 1.29 is 19.1 Å². The highest BCUT2D eigenvalue weighted by molar-refractivity contribution is 6.03. The minimum Gasteiger partial charge on any atom is -0.394 e. The number of pyridine rings is 1. The predicted molar refractivity (Wildman–Crippen MR) is 117 cm³/mol. The van der Waals surface area contributed by atoms with Crippen LogP contribution >= 0.6 is 0 Å². The molecule has 1 aromatic heterocycles. The van der Waals surface area contributed by atoms with E-state index in [0.29, 0.717) is 5.69 Å². The predicted octanol–water partition coefficient (Wildman–Crippen LogP) is 3.24. The number of aliphatic hydroxyl groups is 1. The van der Waals surface area contributed by atoms with E-state index in [9.17, 15) is 19.1 Å². The molecule has 3 aromatic rings. The maximum absolute atomic E-state index is 14.1. The van der Waals surface area contributed by atoms with Crippen molar-refractivity contribution in [2.24, 2.45) is 0 Å². The molecule has 0 saturated carbocycles. The van der Waals surface area contributed by atoms with Gasteiger partial charge in [-0.3, -0.25) is 14.7 Å². The molecule has 2 N–H and O–H groups in total. The van der Waals surface area contributed by atoms with Crippen molar-refractivity contribution >= 4 is 23.3 Å². The molecule has 2 aliphatic rings. The van der Waals surface area contributed by atoms with E-state index in [2.05, 4.69) is 10.3 Å². The number of aromatic nitrogens is 1. The zero-order valence-electron chi connectivity index (χ0n) is 17.1. The molecule has 3 amide bonds. The first-order valence-corrected chi connectivity index (χ1v) is 10.4. The summed E-state index contributed by atoms with van der Waals surface area (Å²) in [7, 11) is 0. The molecule has 8 heteroatoms. The summed E-state index contributed by atoms with van der Waals surface area (Å²) in [6, 6.07) is 17.2. The molecule has 0 aliphatic carbocycles. The number of nitrogens with one attached hydrogen (secondary N) is 1. The largest absolute Gasteiger partial charge is 0.394 e. The number of nitrogens with zero attached hydrogens (tertiary/aromatic N) is 3. The summed E-state index contributed by atoms with van der Waals surface area (Å²) >= 11 is 0. The van der Waals surface area contributed by atoms with Gasteiger partial charge in [-0.05, 0) is 35.9 Å². The van der Waals surface area contributed by atoms with Crippen molar-refractivity contribution in [2.45, 2.75) is 18.0 Å². The van der Waals surface area contributed by atoms with Crippen LogP contribution in [0, 0.1) is 5.82 Å². The molecule has 5 rings (SSSR count). The summed E-state index contributed by atoms with van der Waals surface area (Å²) < 4.78 is 14.1. The van der Waals surface area contributed by atoms with Crippen LogP contribution in [0.3, 0.4) is 0 Å². The number of aliphatic hydroxyl groups excluding tert-OH is 1. The van der Waals surface area contributed by atoms with Crippen molar-refractivity contribution in [3.05, 3.63) is 90.0 Å². The maximum atomic E-state index is 14.1. The third-order valence-electron chi connectivity index (χ3n) is 6.17. The van der Waals surface area contributed by atoms with Crippen LogP contribution in [0.2, 0.25) is 0 Å². The molecule has 3 atom stereocenters. The van der Waals surface area contributed by atoms with E-state index in [1.54, 1.807) is 41.4 Å². The van der Waals surface area contributed by atoms with E-state index in [0.717, 1.165) is 5.56 Å². The normalized spacial score (nSPS) is 21.2. The molecule has 162 valence electrons. The van der Waals surface area contributed by atoms with E-state index in [-0.39, 0.29) is 42.4 Å². The van der Waals surface area contributed by atoms with Gasteiger partial charge in [0.2, 0.25) is 0 Å². The Bertz CT molecular complexity index is 1170. The number of halogens is 1. The SMILES string of the molecule is O=C(Nc1ccccc1F)N1C[C@H]2[C@@H](c3ccccc31)[C@H](CO)N2C(=O)c1ccccn1. The Labute approximate surface area is 184 Å². The van der Waals surface area contributed by atoms with Gasteiger partial charge in [0.05, 0.1) is 24.4 Å². The summed E-state index contributed by atoms with van der Waals surface area (Å²) in [5, 5.41) is 12.7. The van der Waals surface area contributed by atoms with Crippen molar-refractivity contribution in [3.8, 4) is 0 Å². The highest BCUT2D eigenvalue weighted by Gasteiger charge is 2.55. The number of amides is 3. The molecule has 2 aromatic carbocycles. The number of hydrogen-bond donors (Lipinski definition) is 2. The van der Waals surface area contributed by atoms with E-state index < -0.39 is 17.9 Å². The van der Waals surface area contributed by atoms with Gasteiger partial charge in [0.15, 0.2) is 0 Å². The van der Waals surface area contributed by atoms with Crippen LogP contribution in [0.1, 0.15) is 22.0 Å². The standard InChI is InChI=1S/C24H21FN4O3/c25-16-8-2-3-9-17(16)27-24(32)28-13-20-22(15-7-1-4-11-19(15)28)21(14-30)29(20)23(31)18-10-5-6-12-26-18/h1-12,20-22,30H,13-14H2,(H,27,32)/t20-,21-,22+/m0/s1. The molecule has 0 radical (unpaired) electrons. The van der Waals surface area contributed by atoms with Crippen LogP contribution in [0.25, 0.3) is 0 Å². The van der Waals surface area contributed by atoms with E-state index in [1.807, 2.05) is 24.3 Å². The molecule has 3 heterocycles. The first-order valence-electron chi connectivity index (χ1n) is 10.4. The lowest BCUT2D eigenvalue weighted by atomic mass is 9.72. The minimum absolute atomic E-state index is 0.0837. The number of benzene rings is 2. The Hall–Kier alpha value is -3.78. The third kappa shape index (κ3) is 3.20. The third-order valence-corrected chi connectivity index (χ3v) is 6.17. The summed E-state index contributed by atoms with van der Waals surface area (Å²) in [6.45, 7) is 0.0204. The average molecular weight is 432 g/mol. The summed E-state index contributed by atoms with van der Waals surface area (Å²) in [6.07, 6.45) is 1.54. The van der Waals surface area contributed by atoms with Crippen LogP contribution in [-0.2, 0) is 0 Å². The zero-order valence-corrected chi connectivity index (χ0v) is 17.1. The molecule has 0 spiro atoms. The maximum Gasteiger partial charge on any atom is 0.326 e. The van der Waals surface area contributed by atoms with Crippen LogP contribution < -0.4 is 10.2 Å². The number of likely N-dealkylation sites (tertiary alicyclic amines) is 1. The minimum atomic E-state index is -0.528. The average Bonchev–Trinajstić information content (AvgIpc) is 2.81. The second-order valence-corrected chi connectivity index (χ2v) is 7.85. The van der Waals surface area contributed by atoms with Crippen LogP contribution in [0.4, 0.5) is 20.6 Å². The van der Waals surface area contributed by atoms with Gasteiger partial charge in [-0.15, -0.1) is 0 Å². The summed E-state index contributed by atoms with van der Waals surface area (Å²) in [5.41, 5.74) is 1.92. The van der Waals surface area contributed by atoms with E-state index in [4.69, 9.17) is 0 Å². The number of hydrogen-bond acceptors (Lipinski definition) is 4. The molecular weight excluding hydrogens is 411 g/mol. The van der Waals surface area contributed by atoms with Gasteiger partial charge in [0.1, 0.15) is 11.5 Å². The highest BCUT2D eigenvalue weighted by atomic mass is 19.1. The number of urea groups is 1. The number of para-hydroxylation sites is 2. The van der Waals surface area contributed by atoms with Gasteiger partial charge < -0.3 is 15.3 Å². The second-order valence-electron chi connectivity index (χ2n) is 7.85. The van der Waals surface area contributed by atoms with Gasteiger partial charge in [-0.2, -0.15) is 0 Å². The molecule has 7 nitrogen and oxygen atoms in total. The molecule has 32 heavy (non-hydrogen) atoms. The molecule has 1 fully saturated rings. The number of fused-ring (bicyclic) bond motifs is 3. The van der Waals surface area contributed by atoms with E-state index in [1.165, 1.54) is 17.0 Å². The Morgan fingerprint density at radius 2 is 1.81 bits per heavy atom. The Morgan fingerprint density at radius 1 is 1.06 bits per heavy atom. The second kappa shape index (κ2) is 8.05. The Kier molecular flexibility index (Phi) is 5.07. The number of carbonyl (C=O) groups excluding carboxylic acids is 2. The van der Waals surface area contributed by atoms with Crippen LogP contribution in [-0.4, -0.2) is 52.2 Å². The van der Waals surface area contributed by atoms with Gasteiger partial charge in [-0.1, -0.05) is 36.4 Å². The molecule has 0 bridgehead atoms. The topological polar surface area (TPSA) is 85.8 Å². The van der Waals surface area contributed by atoms with Crippen LogP contribution in [0.5, 0.6) is 0 Å². The molecular formula is C24H21FN4O3. The highest BCUT2D eigenvalue weighted by Crippen LogP contribution is 2.48. The molecule has 1 saturated heterocycles. The molecule has 0 unspecified atom stereocenters. The van der Waals surface area contributed by atoms with E-state index >= 15 is 0 Å². The fourth-order valence-corrected chi connectivity index (χ4v) is 4.73. The first kappa shape index (κ1) is 20.1. The number of rotatable bonds is 3.